The SMILES string of the molecule is Cc1cnc(-c2cc(C(=O)NC(C)c3cnc(C(F)(F)F)nc3)cc3nn(CC4(F)CC4)cc23)s1. The van der Waals surface area contributed by atoms with Gasteiger partial charge in [0, 0.05) is 51.7 Å². The Morgan fingerprint density at radius 3 is 2.51 bits per heavy atom. The summed E-state index contributed by atoms with van der Waals surface area (Å²) in [4.78, 5) is 25.2. The first-order valence-corrected chi connectivity index (χ1v) is 11.7. The Morgan fingerprint density at radius 2 is 1.91 bits per heavy atom. The van der Waals surface area contributed by atoms with Gasteiger partial charge in [0.15, 0.2) is 0 Å². The van der Waals surface area contributed by atoms with Gasteiger partial charge < -0.3 is 5.32 Å². The summed E-state index contributed by atoms with van der Waals surface area (Å²) in [6.45, 7) is 3.69. The number of amides is 1. The highest BCUT2D eigenvalue weighted by molar-refractivity contribution is 7.15. The molecule has 1 N–H and O–H groups in total. The minimum Gasteiger partial charge on any atom is -0.345 e. The zero-order valence-electron chi connectivity index (χ0n) is 18.7. The number of carbonyl (C=O) groups excluding carboxylic acids is 1. The maximum atomic E-state index is 14.3. The number of benzene rings is 1. The Hall–Kier alpha value is -3.41. The lowest BCUT2D eigenvalue weighted by Crippen LogP contribution is -2.27. The van der Waals surface area contributed by atoms with Crippen molar-refractivity contribution in [1.82, 2.24) is 30.0 Å². The number of carbonyl (C=O) groups is 1. The number of aryl methyl sites for hydroxylation is 1. The van der Waals surface area contributed by atoms with Gasteiger partial charge in [0.25, 0.3) is 5.91 Å². The third-order valence-corrected chi connectivity index (χ3v) is 6.74. The summed E-state index contributed by atoms with van der Waals surface area (Å²) in [5, 5.41) is 8.71. The number of rotatable bonds is 6. The molecule has 1 amide bonds. The number of thiazole rings is 1. The van der Waals surface area contributed by atoms with Gasteiger partial charge in [-0.3, -0.25) is 9.48 Å². The van der Waals surface area contributed by atoms with Crippen LogP contribution in [0.1, 0.15) is 52.4 Å². The molecular formula is C23H20F4N6OS. The highest BCUT2D eigenvalue weighted by Gasteiger charge is 2.43. The molecule has 1 aliphatic carbocycles. The average molecular weight is 505 g/mol. The Morgan fingerprint density at radius 1 is 1.20 bits per heavy atom. The van der Waals surface area contributed by atoms with Gasteiger partial charge in [-0.25, -0.2) is 19.3 Å². The molecule has 0 spiro atoms. The van der Waals surface area contributed by atoms with Crippen LogP contribution < -0.4 is 5.32 Å². The van der Waals surface area contributed by atoms with E-state index in [-0.39, 0.29) is 6.54 Å². The average Bonchev–Trinajstić information content (AvgIpc) is 3.17. The van der Waals surface area contributed by atoms with Gasteiger partial charge in [0.1, 0.15) is 10.7 Å². The number of fused-ring (bicyclic) bond motifs is 1. The van der Waals surface area contributed by atoms with Crippen LogP contribution in [-0.2, 0) is 12.7 Å². The van der Waals surface area contributed by atoms with Crippen LogP contribution in [0, 0.1) is 6.92 Å². The van der Waals surface area contributed by atoms with E-state index in [1.807, 2.05) is 6.92 Å². The van der Waals surface area contributed by atoms with Crippen LogP contribution >= 0.6 is 11.3 Å². The smallest absolute Gasteiger partial charge is 0.345 e. The third-order valence-electron chi connectivity index (χ3n) is 5.80. The van der Waals surface area contributed by atoms with Crippen molar-refractivity contribution in [3.8, 4) is 10.6 Å². The van der Waals surface area contributed by atoms with Crippen molar-refractivity contribution in [2.24, 2.45) is 0 Å². The predicted molar refractivity (Wildman–Crippen MR) is 122 cm³/mol. The van der Waals surface area contributed by atoms with Crippen LogP contribution in [0.2, 0.25) is 0 Å². The van der Waals surface area contributed by atoms with Gasteiger partial charge in [0.05, 0.1) is 18.1 Å². The fourth-order valence-corrected chi connectivity index (χ4v) is 4.49. The van der Waals surface area contributed by atoms with Crippen LogP contribution in [0.4, 0.5) is 17.6 Å². The molecule has 3 aromatic heterocycles. The fourth-order valence-electron chi connectivity index (χ4n) is 3.70. The lowest BCUT2D eigenvalue weighted by molar-refractivity contribution is -0.145. The van der Waals surface area contributed by atoms with Crippen LogP contribution in [0.3, 0.4) is 0 Å². The van der Waals surface area contributed by atoms with Crippen LogP contribution in [0.15, 0.2) is 36.9 Å². The maximum Gasteiger partial charge on any atom is 0.451 e. The molecule has 1 fully saturated rings. The van der Waals surface area contributed by atoms with Crippen molar-refractivity contribution >= 4 is 28.1 Å². The first-order chi connectivity index (χ1) is 16.5. The molecule has 1 saturated carbocycles. The molecule has 4 aromatic rings. The van der Waals surface area contributed by atoms with Crippen molar-refractivity contribution < 1.29 is 22.4 Å². The first kappa shape index (κ1) is 23.3. The molecule has 182 valence electrons. The number of nitrogens with zero attached hydrogens (tertiary/aromatic N) is 5. The zero-order valence-corrected chi connectivity index (χ0v) is 19.5. The number of hydrogen-bond donors (Lipinski definition) is 1. The molecule has 7 nitrogen and oxygen atoms in total. The van der Waals surface area contributed by atoms with Crippen molar-refractivity contribution in [2.75, 3.05) is 0 Å². The van der Waals surface area contributed by atoms with Crippen molar-refractivity contribution in [3.05, 3.63) is 58.7 Å². The molecule has 0 aliphatic heterocycles. The summed E-state index contributed by atoms with van der Waals surface area (Å²) in [7, 11) is 0. The maximum absolute atomic E-state index is 14.3. The first-order valence-electron chi connectivity index (χ1n) is 10.8. The molecule has 1 aliphatic rings. The quantitative estimate of drug-likeness (QED) is 0.362. The second-order valence-electron chi connectivity index (χ2n) is 8.74. The normalized spacial score (nSPS) is 15.8. The summed E-state index contributed by atoms with van der Waals surface area (Å²) in [5.41, 5.74) is 0.609. The summed E-state index contributed by atoms with van der Waals surface area (Å²) in [6.07, 6.45) is 1.94. The van der Waals surface area contributed by atoms with E-state index in [0.29, 0.717) is 40.1 Å². The molecule has 35 heavy (non-hydrogen) atoms. The Labute approximate surface area is 201 Å². The van der Waals surface area contributed by atoms with E-state index in [2.05, 4.69) is 25.4 Å². The van der Waals surface area contributed by atoms with Crippen molar-refractivity contribution in [1.29, 1.82) is 0 Å². The minimum atomic E-state index is -4.64. The van der Waals surface area contributed by atoms with E-state index in [0.717, 1.165) is 22.7 Å². The molecule has 3 heterocycles. The van der Waals surface area contributed by atoms with Crippen LogP contribution in [0.25, 0.3) is 21.5 Å². The number of nitrogens with one attached hydrogen (secondary N) is 1. The molecule has 0 bridgehead atoms. The largest absolute Gasteiger partial charge is 0.451 e. The molecule has 1 aromatic carbocycles. The van der Waals surface area contributed by atoms with E-state index >= 15 is 0 Å². The Balaban J connectivity index is 1.45. The summed E-state index contributed by atoms with van der Waals surface area (Å²) in [5.74, 6) is -1.70. The minimum absolute atomic E-state index is 0.143. The van der Waals surface area contributed by atoms with E-state index in [4.69, 9.17) is 0 Å². The number of alkyl halides is 4. The highest BCUT2D eigenvalue weighted by Crippen LogP contribution is 2.41. The Kier molecular flexibility index (Phi) is 5.58. The van der Waals surface area contributed by atoms with Gasteiger partial charge in [-0.05, 0) is 38.8 Å². The predicted octanol–water partition coefficient (Wildman–Crippen LogP) is 5.27. The lowest BCUT2D eigenvalue weighted by Gasteiger charge is -2.15. The monoisotopic (exact) mass is 504 g/mol. The molecule has 5 rings (SSSR count). The van der Waals surface area contributed by atoms with Gasteiger partial charge in [0.2, 0.25) is 5.82 Å². The molecule has 0 saturated heterocycles. The molecular weight excluding hydrogens is 484 g/mol. The van der Waals surface area contributed by atoms with Crippen LogP contribution in [-0.4, -0.2) is 36.3 Å². The molecule has 1 unspecified atom stereocenters. The topological polar surface area (TPSA) is 85.6 Å². The second-order valence-corrected chi connectivity index (χ2v) is 9.98. The van der Waals surface area contributed by atoms with E-state index < -0.39 is 29.6 Å². The van der Waals surface area contributed by atoms with Crippen molar-refractivity contribution in [3.63, 3.8) is 0 Å². The second kappa shape index (κ2) is 8.36. The summed E-state index contributed by atoms with van der Waals surface area (Å²) in [6, 6.07) is 2.66. The molecule has 1 atom stereocenters. The fraction of sp³-hybridized carbons (Fsp3) is 0.348. The van der Waals surface area contributed by atoms with Gasteiger partial charge in [-0.2, -0.15) is 18.3 Å². The molecule has 0 radical (unpaired) electrons. The molecule has 12 heteroatoms. The van der Waals surface area contributed by atoms with Gasteiger partial charge in [-0.1, -0.05) is 0 Å². The van der Waals surface area contributed by atoms with E-state index in [1.54, 1.807) is 36.1 Å². The van der Waals surface area contributed by atoms with Gasteiger partial charge >= 0.3 is 6.18 Å². The standard InChI is InChI=1S/C23H20F4N6OS/c1-12-7-28-20(35-12)16-5-14(6-18-17(16)10-33(32-18)11-22(24)3-4-22)19(34)31-13(2)15-8-29-21(30-9-15)23(25,26)27/h5-10,13H,3-4,11H2,1-2H3,(H,31,34). The Bertz CT molecular complexity index is 1410. The van der Waals surface area contributed by atoms with Crippen molar-refractivity contribution in [2.45, 2.75) is 51.1 Å². The highest BCUT2D eigenvalue weighted by atomic mass is 32.1. The van der Waals surface area contributed by atoms with E-state index in [1.165, 1.54) is 11.3 Å². The number of hydrogen-bond acceptors (Lipinski definition) is 6. The third kappa shape index (κ3) is 4.88. The summed E-state index contributed by atoms with van der Waals surface area (Å²) >= 11 is 1.46. The lowest BCUT2D eigenvalue weighted by atomic mass is 10.1. The number of aromatic nitrogens is 5. The summed E-state index contributed by atoms with van der Waals surface area (Å²) < 4.78 is 54.1. The van der Waals surface area contributed by atoms with Gasteiger partial charge in [-0.15, -0.1) is 11.3 Å². The van der Waals surface area contributed by atoms with E-state index in [9.17, 15) is 22.4 Å². The number of halogens is 4. The van der Waals surface area contributed by atoms with Crippen LogP contribution in [0.5, 0.6) is 0 Å². The zero-order chi connectivity index (χ0) is 25.0.